The van der Waals surface area contributed by atoms with E-state index in [9.17, 15) is 14.4 Å². The number of anilines is 1. The molecular formula is C28H29N3O5. The van der Waals surface area contributed by atoms with Crippen LogP contribution in [0.25, 0.3) is 0 Å². The number of benzene rings is 2. The molecule has 36 heavy (non-hydrogen) atoms. The Kier molecular flexibility index (Phi) is 7.33. The van der Waals surface area contributed by atoms with E-state index < -0.39 is 17.9 Å². The van der Waals surface area contributed by atoms with Gasteiger partial charge in [-0.3, -0.25) is 19.4 Å². The van der Waals surface area contributed by atoms with Crippen molar-refractivity contribution < 1.29 is 23.9 Å². The van der Waals surface area contributed by atoms with Crippen molar-refractivity contribution in [3.8, 4) is 11.5 Å². The summed E-state index contributed by atoms with van der Waals surface area (Å²) in [7, 11) is 3.00. The number of ether oxygens (including phenoxy) is 2. The summed E-state index contributed by atoms with van der Waals surface area (Å²) in [5, 5.41) is 0. The van der Waals surface area contributed by atoms with Gasteiger partial charge < -0.3 is 14.4 Å². The van der Waals surface area contributed by atoms with Gasteiger partial charge in [0.2, 0.25) is 5.91 Å². The number of amides is 3. The molecule has 2 aromatic carbocycles. The summed E-state index contributed by atoms with van der Waals surface area (Å²) in [6.07, 6.45) is 3.17. The van der Waals surface area contributed by atoms with E-state index in [-0.39, 0.29) is 18.9 Å². The third kappa shape index (κ3) is 4.93. The molecule has 1 aromatic heterocycles. The summed E-state index contributed by atoms with van der Waals surface area (Å²) in [6, 6.07) is 14.8. The third-order valence-electron chi connectivity index (χ3n) is 6.28. The molecule has 0 bridgehead atoms. The van der Waals surface area contributed by atoms with Crippen LogP contribution < -0.4 is 14.4 Å². The Morgan fingerprint density at radius 2 is 1.78 bits per heavy atom. The highest BCUT2D eigenvalue weighted by Crippen LogP contribution is 2.31. The van der Waals surface area contributed by atoms with E-state index in [4.69, 9.17) is 9.47 Å². The number of imide groups is 1. The van der Waals surface area contributed by atoms with Crippen LogP contribution >= 0.6 is 0 Å². The molecule has 8 nitrogen and oxygen atoms in total. The zero-order chi connectivity index (χ0) is 25.8. The number of aromatic nitrogens is 1. The van der Waals surface area contributed by atoms with Crippen LogP contribution in [0, 0.1) is 0 Å². The standard InChI is InChI=1S/C28H29N3O5/c1-18(2)20-7-10-22(11-8-20)31-26(32)15-23(28(31)34)30(17-19-6-5-13-29-16-19)27(33)21-9-12-24(35-3)25(14-21)36-4/h5-14,16,18,23H,15,17H2,1-4H3. The van der Waals surface area contributed by atoms with Gasteiger partial charge in [0.25, 0.3) is 11.8 Å². The first-order valence-electron chi connectivity index (χ1n) is 11.7. The fourth-order valence-electron chi connectivity index (χ4n) is 4.29. The summed E-state index contributed by atoms with van der Waals surface area (Å²) in [5.41, 5.74) is 2.66. The van der Waals surface area contributed by atoms with Gasteiger partial charge in [0.05, 0.1) is 26.3 Å². The zero-order valence-electron chi connectivity index (χ0n) is 20.8. The van der Waals surface area contributed by atoms with Crippen LogP contribution in [0.3, 0.4) is 0 Å². The number of methoxy groups -OCH3 is 2. The predicted molar refractivity (Wildman–Crippen MR) is 135 cm³/mol. The first kappa shape index (κ1) is 24.9. The molecule has 1 fully saturated rings. The maximum absolute atomic E-state index is 13.7. The van der Waals surface area contributed by atoms with Crippen LogP contribution in [0.15, 0.2) is 67.0 Å². The molecule has 1 aliphatic heterocycles. The molecule has 0 aliphatic carbocycles. The molecule has 1 aliphatic rings. The average molecular weight is 488 g/mol. The summed E-state index contributed by atoms with van der Waals surface area (Å²) < 4.78 is 10.6. The van der Waals surface area contributed by atoms with Gasteiger partial charge >= 0.3 is 0 Å². The van der Waals surface area contributed by atoms with E-state index in [1.807, 2.05) is 18.2 Å². The molecule has 0 radical (unpaired) electrons. The summed E-state index contributed by atoms with van der Waals surface area (Å²) in [6.45, 7) is 4.27. The molecule has 4 rings (SSSR count). The molecule has 1 saturated heterocycles. The number of hydrogen-bond acceptors (Lipinski definition) is 6. The van der Waals surface area contributed by atoms with Crippen LogP contribution in [-0.2, 0) is 16.1 Å². The number of pyridine rings is 1. The lowest BCUT2D eigenvalue weighted by atomic mass is 10.0. The smallest absolute Gasteiger partial charge is 0.257 e. The minimum Gasteiger partial charge on any atom is -0.493 e. The molecule has 8 heteroatoms. The van der Waals surface area contributed by atoms with Crippen molar-refractivity contribution in [3.63, 3.8) is 0 Å². The second kappa shape index (κ2) is 10.6. The number of nitrogens with zero attached hydrogens (tertiary/aromatic N) is 3. The minimum absolute atomic E-state index is 0.107. The highest BCUT2D eigenvalue weighted by molar-refractivity contribution is 6.23. The first-order chi connectivity index (χ1) is 17.3. The van der Waals surface area contributed by atoms with Gasteiger partial charge in [0, 0.05) is 24.5 Å². The van der Waals surface area contributed by atoms with Gasteiger partial charge in [0.15, 0.2) is 11.5 Å². The van der Waals surface area contributed by atoms with E-state index in [0.29, 0.717) is 28.7 Å². The molecule has 0 saturated carbocycles. The molecule has 3 aromatic rings. The zero-order valence-corrected chi connectivity index (χ0v) is 20.8. The van der Waals surface area contributed by atoms with Gasteiger partial charge in [-0.1, -0.05) is 32.0 Å². The Bertz CT molecular complexity index is 1260. The summed E-state index contributed by atoms with van der Waals surface area (Å²) in [4.78, 5) is 47.1. The van der Waals surface area contributed by atoms with Crippen LogP contribution in [0.2, 0.25) is 0 Å². The van der Waals surface area contributed by atoms with E-state index in [2.05, 4.69) is 18.8 Å². The lowest BCUT2D eigenvalue weighted by Gasteiger charge is -2.28. The first-order valence-corrected chi connectivity index (χ1v) is 11.7. The van der Waals surface area contributed by atoms with Crippen molar-refractivity contribution in [1.82, 2.24) is 9.88 Å². The van der Waals surface area contributed by atoms with Gasteiger partial charge in [-0.25, -0.2) is 4.90 Å². The van der Waals surface area contributed by atoms with Gasteiger partial charge in [-0.05, 0) is 53.4 Å². The van der Waals surface area contributed by atoms with Gasteiger partial charge in [0.1, 0.15) is 6.04 Å². The fourth-order valence-corrected chi connectivity index (χ4v) is 4.29. The second-order valence-electron chi connectivity index (χ2n) is 8.90. The summed E-state index contributed by atoms with van der Waals surface area (Å²) in [5.74, 6) is 0.0174. The predicted octanol–water partition coefficient (Wildman–Crippen LogP) is 4.20. The van der Waals surface area contributed by atoms with Gasteiger partial charge in [-0.15, -0.1) is 0 Å². The third-order valence-corrected chi connectivity index (χ3v) is 6.28. The monoisotopic (exact) mass is 487 g/mol. The Balaban J connectivity index is 1.68. The number of carbonyl (C=O) groups excluding carboxylic acids is 3. The highest BCUT2D eigenvalue weighted by Gasteiger charge is 2.44. The average Bonchev–Trinajstić information content (AvgIpc) is 3.20. The van der Waals surface area contributed by atoms with E-state index in [1.54, 1.807) is 48.8 Å². The fraction of sp³-hybridized carbons (Fsp3) is 0.286. The topological polar surface area (TPSA) is 89.0 Å². The molecule has 3 amide bonds. The lowest BCUT2D eigenvalue weighted by molar-refractivity contribution is -0.122. The Hall–Kier alpha value is -4.20. The maximum Gasteiger partial charge on any atom is 0.257 e. The molecule has 2 heterocycles. The normalized spacial score (nSPS) is 15.4. The van der Waals surface area contributed by atoms with E-state index >= 15 is 0 Å². The largest absolute Gasteiger partial charge is 0.493 e. The number of rotatable bonds is 8. The highest BCUT2D eigenvalue weighted by atomic mass is 16.5. The molecule has 0 spiro atoms. The maximum atomic E-state index is 13.7. The summed E-state index contributed by atoms with van der Waals surface area (Å²) >= 11 is 0. The van der Waals surface area contributed by atoms with Crippen molar-refractivity contribution >= 4 is 23.4 Å². The molecule has 1 unspecified atom stereocenters. The van der Waals surface area contributed by atoms with Crippen molar-refractivity contribution in [2.75, 3.05) is 19.1 Å². The van der Waals surface area contributed by atoms with Crippen LogP contribution in [-0.4, -0.2) is 47.9 Å². The second-order valence-corrected chi connectivity index (χ2v) is 8.90. The van der Waals surface area contributed by atoms with E-state index in [0.717, 1.165) is 11.1 Å². The van der Waals surface area contributed by atoms with E-state index in [1.165, 1.54) is 24.0 Å². The Morgan fingerprint density at radius 3 is 2.39 bits per heavy atom. The van der Waals surface area contributed by atoms with Crippen molar-refractivity contribution in [2.24, 2.45) is 0 Å². The minimum atomic E-state index is -0.955. The quantitative estimate of drug-likeness (QED) is 0.443. The molecule has 186 valence electrons. The SMILES string of the molecule is COc1ccc(C(=O)N(Cc2cccnc2)C2CC(=O)N(c3ccc(C(C)C)cc3)C2=O)cc1OC. The van der Waals surface area contributed by atoms with Crippen LogP contribution in [0.1, 0.15) is 47.7 Å². The molecule has 1 atom stereocenters. The molecular weight excluding hydrogens is 458 g/mol. The van der Waals surface area contributed by atoms with Crippen molar-refractivity contribution in [3.05, 3.63) is 83.7 Å². The Morgan fingerprint density at radius 1 is 1.06 bits per heavy atom. The lowest BCUT2D eigenvalue weighted by Crippen LogP contribution is -2.45. The Labute approximate surface area is 210 Å². The number of carbonyl (C=O) groups is 3. The van der Waals surface area contributed by atoms with Gasteiger partial charge in [-0.2, -0.15) is 0 Å². The van der Waals surface area contributed by atoms with Crippen molar-refractivity contribution in [1.29, 1.82) is 0 Å². The van der Waals surface area contributed by atoms with Crippen LogP contribution in [0.5, 0.6) is 11.5 Å². The molecule has 0 N–H and O–H groups in total. The number of hydrogen-bond donors (Lipinski definition) is 0. The van der Waals surface area contributed by atoms with Crippen molar-refractivity contribution in [2.45, 2.75) is 38.8 Å². The van der Waals surface area contributed by atoms with Crippen LogP contribution in [0.4, 0.5) is 5.69 Å².